The van der Waals surface area contributed by atoms with Crippen molar-refractivity contribution in [3.63, 3.8) is 0 Å². The lowest BCUT2D eigenvalue weighted by Crippen LogP contribution is -2.28. The second-order valence-corrected chi connectivity index (χ2v) is 5.46. The Morgan fingerprint density at radius 3 is 2.61 bits per heavy atom. The summed E-state index contributed by atoms with van der Waals surface area (Å²) in [6.45, 7) is 2.20. The van der Waals surface area contributed by atoms with Crippen molar-refractivity contribution in [3.8, 4) is 0 Å². The number of rotatable bonds is 6. The van der Waals surface area contributed by atoms with Crippen molar-refractivity contribution in [1.29, 1.82) is 0 Å². The number of methoxy groups -OCH3 is 1. The van der Waals surface area contributed by atoms with E-state index < -0.39 is 0 Å². The van der Waals surface area contributed by atoms with Gasteiger partial charge in [0.2, 0.25) is 5.95 Å². The number of benzene rings is 1. The van der Waals surface area contributed by atoms with Crippen molar-refractivity contribution in [2.75, 3.05) is 26.1 Å². The summed E-state index contributed by atoms with van der Waals surface area (Å²) in [7, 11) is 5.28. The molecule has 0 bridgehead atoms. The Balaban J connectivity index is 2.21. The quantitative estimate of drug-likeness (QED) is 0.885. The maximum Gasteiger partial charge on any atom is 0.255 e. The molecule has 1 atom stereocenters. The summed E-state index contributed by atoms with van der Waals surface area (Å²) in [5.74, 6) is 0.336. The highest BCUT2D eigenvalue weighted by molar-refractivity contribution is 5.95. The molecule has 1 aromatic heterocycles. The number of nitrogens with one attached hydrogen (secondary N) is 1. The summed E-state index contributed by atoms with van der Waals surface area (Å²) in [6.07, 6.45) is 1.55. The molecule has 1 amide bonds. The molecular weight excluding hydrogens is 292 g/mol. The summed E-state index contributed by atoms with van der Waals surface area (Å²) in [5.41, 5.74) is 2.05. The smallest absolute Gasteiger partial charge is 0.255 e. The average Bonchev–Trinajstić information content (AvgIpc) is 2.55. The lowest BCUT2D eigenvalue weighted by Gasteiger charge is -2.17. The van der Waals surface area contributed by atoms with E-state index in [4.69, 9.17) is 4.74 Å². The van der Waals surface area contributed by atoms with E-state index in [9.17, 15) is 4.79 Å². The molecule has 1 unspecified atom stereocenters. The first-order chi connectivity index (χ1) is 11.0. The normalized spacial score (nSPS) is 11.8. The number of anilines is 1. The first-order valence-electron chi connectivity index (χ1n) is 7.41. The average molecular weight is 314 g/mol. The summed E-state index contributed by atoms with van der Waals surface area (Å²) >= 11 is 0. The second-order valence-electron chi connectivity index (χ2n) is 5.46. The molecule has 122 valence electrons. The number of carbonyl (C=O) groups is 1. The molecule has 2 aromatic rings. The molecule has 1 heterocycles. The number of amides is 1. The van der Waals surface area contributed by atoms with Crippen molar-refractivity contribution < 1.29 is 9.53 Å². The monoisotopic (exact) mass is 314 g/mol. The van der Waals surface area contributed by atoms with Crippen molar-refractivity contribution in [1.82, 2.24) is 15.3 Å². The van der Waals surface area contributed by atoms with E-state index in [2.05, 4.69) is 15.3 Å². The molecule has 6 heteroatoms. The predicted octanol–water partition coefficient (Wildman–Crippen LogP) is 2.18. The highest BCUT2D eigenvalue weighted by atomic mass is 16.5. The van der Waals surface area contributed by atoms with Crippen LogP contribution in [0.1, 0.15) is 34.6 Å². The van der Waals surface area contributed by atoms with Gasteiger partial charge in [0.05, 0.1) is 23.9 Å². The summed E-state index contributed by atoms with van der Waals surface area (Å²) < 4.78 is 5.15. The SMILES string of the molecule is COCc1nc(N(C)C)ncc1C(=O)NC(C)c1ccccc1. The molecule has 6 nitrogen and oxygen atoms in total. The molecule has 0 saturated heterocycles. The molecule has 23 heavy (non-hydrogen) atoms. The van der Waals surface area contributed by atoms with Gasteiger partial charge in [-0.05, 0) is 12.5 Å². The Morgan fingerprint density at radius 2 is 2.00 bits per heavy atom. The first kappa shape index (κ1) is 16.9. The molecule has 1 aromatic carbocycles. The molecule has 2 rings (SSSR count). The van der Waals surface area contributed by atoms with Gasteiger partial charge < -0.3 is 15.0 Å². The fraction of sp³-hybridized carbons (Fsp3) is 0.353. The number of hydrogen-bond donors (Lipinski definition) is 1. The molecular formula is C17H22N4O2. The third-order valence-corrected chi connectivity index (χ3v) is 3.43. The molecule has 0 aliphatic rings. The van der Waals surface area contributed by atoms with Gasteiger partial charge in [0.25, 0.3) is 5.91 Å². The van der Waals surface area contributed by atoms with Crippen LogP contribution in [0.25, 0.3) is 0 Å². The predicted molar refractivity (Wildman–Crippen MR) is 89.4 cm³/mol. The van der Waals surface area contributed by atoms with Gasteiger partial charge in [-0.2, -0.15) is 0 Å². The molecule has 1 N–H and O–H groups in total. The van der Waals surface area contributed by atoms with Crippen LogP contribution in [0.3, 0.4) is 0 Å². The van der Waals surface area contributed by atoms with E-state index in [1.807, 2.05) is 51.4 Å². The fourth-order valence-electron chi connectivity index (χ4n) is 2.16. The Hall–Kier alpha value is -2.47. The van der Waals surface area contributed by atoms with E-state index in [-0.39, 0.29) is 18.6 Å². The van der Waals surface area contributed by atoms with Gasteiger partial charge in [0, 0.05) is 27.4 Å². The minimum Gasteiger partial charge on any atom is -0.378 e. The Labute approximate surface area is 136 Å². The molecule has 0 aliphatic carbocycles. The van der Waals surface area contributed by atoms with Crippen molar-refractivity contribution in [2.45, 2.75) is 19.6 Å². The lowest BCUT2D eigenvalue weighted by molar-refractivity contribution is 0.0933. The lowest BCUT2D eigenvalue weighted by atomic mass is 10.1. The van der Waals surface area contributed by atoms with Gasteiger partial charge in [0.1, 0.15) is 0 Å². The zero-order valence-corrected chi connectivity index (χ0v) is 13.9. The summed E-state index contributed by atoms with van der Waals surface area (Å²) in [4.78, 5) is 22.9. The van der Waals surface area contributed by atoms with E-state index >= 15 is 0 Å². The zero-order valence-electron chi connectivity index (χ0n) is 13.9. The third-order valence-electron chi connectivity index (χ3n) is 3.43. The highest BCUT2D eigenvalue weighted by Crippen LogP contribution is 2.15. The standard InChI is InChI=1S/C17H22N4O2/c1-12(13-8-6-5-7-9-13)19-16(22)14-10-18-17(21(2)3)20-15(14)11-23-4/h5-10,12H,11H2,1-4H3,(H,19,22). The number of hydrogen-bond acceptors (Lipinski definition) is 5. The van der Waals surface area contributed by atoms with E-state index in [0.717, 1.165) is 5.56 Å². The Kier molecular flexibility index (Phi) is 5.65. The minimum absolute atomic E-state index is 0.104. The number of nitrogens with zero attached hydrogens (tertiary/aromatic N) is 3. The molecule has 0 aliphatic heterocycles. The van der Waals surface area contributed by atoms with Gasteiger partial charge in [0.15, 0.2) is 0 Å². The van der Waals surface area contributed by atoms with Crippen molar-refractivity contribution in [2.24, 2.45) is 0 Å². The summed E-state index contributed by atoms with van der Waals surface area (Å²) in [5, 5.41) is 2.97. The largest absolute Gasteiger partial charge is 0.378 e. The fourth-order valence-corrected chi connectivity index (χ4v) is 2.16. The molecule has 0 saturated carbocycles. The van der Waals surface area contributed by atoms with Crippen LogP contribution in [0.5, 0.6) is 0 Å². The maximum absolute atomic E-state index is 12.5. The minimum atomic E-state index is -0.210. The van der Waals surface area contributed by atoms with Crippen LogP contribution < -0.4 is 10.2 Å². The number of aromatic nitrogens is 2. The van der Waals surface area contributed by atoms with E-state index in [1.165, 1.54) is 0 Å². The zero-order chi connectivity index (χ0) is 16.8. The second kappa shape index (κ2) is 7.69. The van der Waals surface area contributed by atoms with Gasteiger partial charge in [-0.15, -0.1) is 0 Å². The molecule has 0 fully saturated rings. The highest BCUT2D eigenvalue weighted by Gasteiger charge is 2.17. The van der Waals surface area contributed by atoms with Crippen molar-refractivity contribution in [3.05, 3.63) is 53.3 Å². The maximum atomic E-state index is 12.5. The topological polar surface area (TPSA) is 67.3 Å². The van der Waals surface area contributed by atoms with Crippen LogP contribution in [-0.2, 0) is 11.3 Å². The van der Waals surface area contributed by atoms with Crippen LogP contribution in [0.4, 0.5) is 5.95 Å². The van der Waals surface area contributed by atoms with Crippen LogP contribution >= 0.6 is 0 Å². The van der Waals surface area contributed by atoms with Crippen LogP contribution in [0.15, 0.2) is 36.5 Å². The Bertz CT molecular complexity index is 659. The van der Waals surface area contributed by atoms with Gasteiger partial charge >= 0.3 is 0 Å². The van der Waals surface area contributed by atoms with Crippen LogP contribution in [0.2, 0.25) is 0 Å². The number of carbonyl (C=O) groups excluding carboxylic acids is 1. The first-order valence-corrected chi connectivity index (χ1v) is 7.41. The van der Waals surface area contributed by atoms with Gasteiger partial charge in [-0.3, -0.25) is 4.79 Å². The van der Waals surface area contributed by atoms with E-state index in [1.54, 1.807) is 18.2 Å². The van der Waals surface area contributed by atoms with Gasteiger partial charge in [-0.1, -0.05) is 30.3 Å². The van der Waals surface area contributed by atoms with Crippen molar-refractivity contribution >= 4 is 11.9 Å². The van der Waals surface area contributed by atoms with Crippen LogP contribution in [-0.4, -0.2) is 37.1 Å². The van der Waals surface area contributed by atoms with Gasteiger partial charge in [-0.25, -0.2) is 9.97 Å². The van der Waals surface area contributed by atoms with E-state index in [0.29, 0.717) is 17.2 Å². The molecule has 0 radical (unpaired) electrons. The Morgan fingerprint density at radius 1 is 1.30 bits per heavy atom. The summed E-state index contributed by atoms with van der Waals surface area (Å²) in [6, 6.07) is 9.70. The molecule has 0 spiro atoms. The third kappa shape index (κ3) is 4.26. The van der Waals surface area contributed by atoms with Crippen LogP contribution in [0, 0.1) is 0 Å². The number of ether oxygens (including phenoxy) is 1.